The Labute approximate surface area is 126 Å². The third-order valence-electron chi connectivity index (χ3n) is 4.46. The number of nitrogens with zero attached hydrogens (tertiary/aromatic N) is 1. The van der Waals surface area contributed by atoms with Gasteiger partial charge in [0.15, 0.2) is 0 Å². The van der Waals surface area contributed by atoms with Crippen molar-refractivity contribution in [2.24, 2.45) is 5.92 Å². The van der Waals surface area contributed by atoms with Crippen LogP contribution in [0.2, 0.25) is 0 Å². The lowest BCUT2D eigenvalue weighted by atomic mass is 9.93. The van der Waals surface area contributed by atoms with Crippen LogP contribution in [0.25, 0.3) is 0 Å². The Balaban J connectivity index is 0.00000133. The van der Waals surface area contributed by atoms with E-state index in [1.807, 2.05) is 0 Å². The van der Waals surface area contributed by atoms with Gasteiger partial charge in [0.25, 0.3) is 0 Å². The molecule has 0 bridgehead atoms. The van der Waals surface area contributed by atoms with Crippen molar-refractivity contribution in [1.29, 1.82) is 0 Å². The van der Waals surface area contributed by atoms with Crippen LogP contribution >= 0.6 is 24.2 Å². The van der Waals surface area contributed by atoms with Crippen molar-refractivity contribution in [3.8, 4) is 0 Å². The summed E-state index contributed by atoms with van der Waals surface area (Å²) in [6.07, 6.45) is 7.91. The molecule has 3 aliphatic rings. The SMILES string of the molecule is Cl.O=C(CNCC1CC1)N1CCSC2CCCCC21. The highest BCUT2D eigenvalue weighted by Crippen LogP contribution is 2.35. The van der Waals surface area contributed by atoms with Gasteiger partial charge in [0.05, 0.1) is 6.54 Å². The Bertz CT molecular complexity index is 310. The Morgan fingerprint density at radius 1 is 1.21 bits per heavy atom. The second-order valence-corrected chi connectivity index (χ2v) is 7.27. The van der Waals surface area contributed by atoms with Gasteiger partial charge in [0, 0.05) is 23.6 Å². The molecule has 19 heavy (non-hydrogen) atoms. The number of halogens is 1. The van der Waals surface area contributed by atoms with Gasteiger partial charge in [-0.25, -0.2) is 0 Å². The zero-order valence-corrected chi connectivity index (χ0v) is 13.1. The molecular formula is C14H25ClN2OS. The average Bonchev–Trinajstić information content (AvgIpc) is 3.22. The summed E-state index contributed by atoms with van der Waals surface area (Å²) >= 11 is 2.09. The third kappa shape index (κ3) is 4.02. The normalized spacial score (nSPS) is 30.4. The van der Waals surface area contributed by atoms with Crippen molar-refractivity contribution >= 4 is 30.1 Å². The fourth-order valence-corrected chi connectivity index (χ4v) is 4.66. The van der Waals surface area contributed by atoms with E-state index in [0.29, 0.717) is 18.5 Å². The largest absolute Gasteiger partial charge is 0.337 e. The van der Waals surface area contributed by atoms with Crippen molar-refractivity contribution in [1.82, 2.24) is 10.2 Å². The Morgan fingerprint density at radius 3 is 2.79 bits per heavy atom. The fourth-order valence-electron chi connectivity index (χ4n) is 3.21. The van der Waals surface area contributed by atoms with Gasteiger partial charge in [-0.3, -0.25) is 4.79 Å². The molecule has 2 unspecified atom stereocenters. The molecule has 0 spiro atoms. The van der Waals surface area contributed by atoms with Gasteiger partial charge in [-0.1, -0.05) is 12.8 Å². The molecule has 0 aromatic carbocycles. The van der Waals surface area contributed by atoms with Crippen LogP contribution in [0.3, 0.4) is 0 Å². The van der Waals surface area contributed by atoms with Crippen LogP contribution in [0.15, 0.2) is 0 Å². The zero-order valence-electron chi connectivity index (χ0n) is 11.5. The molecule has 110 valence electrons. The molecule has 1 N–H and O–H groups in total. The summed E-state index contributed by atoms with van der Waals surface area (Å²) in [7, 11) is 0. The maximum absolute atomic E-state index is 12.3. The predicted octanol–water partition coefficient (Wildman–Crippen LogP) is 2.29. The molecule has 0 aromatic heterocycles. The number of hydrogen-bond donors (Lipinski definition) is 1. The molecule has 1 amide bonds. The molecule has 3 rings (SSSR count). The summed E-state index contributed by atoms with van der Waals surface area (Å²) in [5, 5.41) is 4.06. The number of fused-ring (bicyclic) bond motifs is 1. The summed E-state index contributed by atoms with van der Waals surface area (Å²) in [6, 6.07) is 0.535. The maximum Gasteiger partial charge on any atom is 0.236 e. The van der Waals surface area contributed by atoms with Crippen molar-refractivity contribution < 1.29 is 4.79 Å². The number of nitrogens with one attached hydrogen (secondary N) is 1. The molecule has 1 saturated heterocycles. The molecule has 1 aliphatic heterocycles. The minimum atomic E-state index is 0. The number of thioether (sulfide) groups is 1. The van der Waals surface area contributed by atoms with Gasteiger partial charge in [0.2, 0.25) is 5.91 Å². The molecule has 2 aliphatic carbocycles. The van der Waals surface area contributed by atoms with Crippen molar-refractivity contribution in [2.75, 3.05) is 25.4 Å². The number of carbonyl (C=O) groups excluding carboxylic acids is 1. The van der Waals surface area contributed by atoms with Gasteiger partial charge in [-0.2, -0.15) is 11.8 Å². The Morgan fingerprint density at radius 2 is 2.00 bits per heavy atom. The maximum atomic E-state index is 12.3. The number of amides is 1. The van der Waals surface area contributed by atoms with E-state index in [1.165, 1.54) is 38.5 Å². The molecule has 2 atom stereocenters. The Hall–Kier alpha value is 0.0700. The predicted molar refractivity (Wildman–Crippen MR) is 83.1 cm³/mol. The van der Waals surface area contributed by atoms with Gasteiger partial charge < -0.3 is 10.2 Å². The topological polar surface area (TPSA) is 32.3 Å². The van der Waals surface area contributed by atoms with Crippen molar-refractivity contribution in [3.05, 3.63) is 0 Å². The van der Waals surface area contributed by atoms with E-state index >= 15 is 0 Å². The van der Waals surface area contributed by atoms with Crippen molar-refractivity contribution in [2.45, 2.75) is 49.8 Å². The molecule has 2 saturated carbocycles. The van der Waals surface area contributed by atoms with Crippen LogP contribution < -0.4 is 5.32 Å². The van der Waals surface area contributed by atoms with Gasteiger partial charge in [0.1, 0.15) is 0 Å². The standard InChI is InChI=1S/C14H24N2OS.ClH/c17-14(10-15-9-11-5-6-11)16-7-8-18-13-4-2-1-3-12(13)16;/h11-13,15H,1-10H2;1H. The van der Waals surface area contributed by atoms with E-state index in [2.05, 4.69) is 22.0 Å². The minimum absolute atomic E-state index is 0. The number of rotatable bonds is 4. The average molecular weight is 305 g/mol. The van der Waals surface area contributed by atoms with Gasteiger partial charge >= 0.3 is 0 Å². The second kappa shape index (κ2) is 7.19. The summed E-state index contributed by atoms with van der Waals surface area (Å²) < 4.78 is 0. The first-order valence-corrected chi connectivity index (χ1v) is 8.51. The summed E-state index contributed by atoms with van der Waals surface area (Å²) in [5.41, 5.74) is 0. The lowest BCUT2D eigenvalue weighted by Crippen LogP contribution is -2.53. The van der Waals surface area contributed by atoms with Crippen LogP contribution in [0.5, 0.6) is 0 Å². The van der Waals surface area contributed by atoms with E-state index in [9.17, 15) is 4.79 Å². The highest BCUT2D eigenvalue weighted by Gasteiger charge is 2.36. The molecular weight excluding hydrogens is 280 g/mol. The van der Waals surface area contributed by atoms with Crippen molar-refractivity contribution in [3.63, 3.8) is 0 Å². The minimum Gasteiger partial charge on any atom is -0.337 e. The number of carbonyl (C=O) groups is 1. The van der Waals surface area contributed by atoms with E-state index in [-0.39, 0.29) is 12.4 Å². The fraction of sp³-hybridized carbons (Fsp3) is 0.929. The van der Waals surface area contributed by atoms with Crippen LogP contribution in [0.4, 0.5) is 0 Å². The van der Waals surface area contributed by atoms with E-state index in [1.54, 1.807) is 0 Å². The molecule has 1 heterocycles. The monoisotopic (exact) mass is 304 g/mol. The lowest BCUT2D eigenvalue weighted by molar-refractivity contribution is -0.133. The van der Waals surface area contributed by atoms with Crippen LogP contribution in [-0.4, -0.2) is 47.5 Å². The molecule has 3 nitrogen and oxygen atoms in total. The van der Waals surface area contributed by atoms with Gasteiger partial charge in [-0.05, 0) is 38.1 Å². The van der Waals surface area contributed by atoms with Crippen LogP contribution in [0, 0.1) is 5.92 Å². The molecule has 0 aromatic rings. The lowest BCUT2D eigenvalue weighted by Gasteiger charge is -2.43. The summed E-state index contributed by atoms with van der Waals surface area (Å²) in [5.74, 6) is 2.33. The quantitative estimate of drug-likeness (QED) is 0.865. The summed E-state index contributed by atoms with van der Waals surface area (Å²) in [4.78, 5) is 14.5. The molecule has 0 radical (unpaired) electrons. The van der Waals surface area contributed by atoms with Crippen LogP contribution in [-0.2, 0) is 4.79 Å². The van der Waals surface area contributed by atoms with E-state index in [4.69, 9.17) is 0 Å². The van der Waals surface area contributed by atoms with Crippen LogP contribution in [0.1, 0.15) is 38.5 Å². The number of hydrogen-bond acceptors (Lipinski definition) is 3. The second-order valence-electron chi connectivity index (χ2n) is 5.92. The molecule has 5 heteroatoms. The highest BCUT2D eigenvalue weighted by atomic mass is 35.5. The summed E-state index contributed by atoms with van der Waals surface area (Å²) in [6.45, 7) is 2.57. The first kappa shape index (κ1) is 15.5. The Kier molecular flexibility index (Phi) is 5.85. The third-order valence-corrected chi connectivity index (χ3v) is 5.85. The van der Waals surface area contributed by atoms with E-state index in [0.717, 1.165) is 30.0 Å². The molecule has 3 fully saturated rings. The van der Waals surface area contributed by atoms with Gasteiger partial charge in [-0.15, -0.1) is 12.4 Å². The zero-order chi connectivity index (χ0) is 12.4. The smallest absolute Gasteiger partial charge is 0.236 e. The van der Waals surface area contributed by atoms with E-state index < -0.39 is 0 Å². The first-order valence-electron chi connectivity index (χ1n) is 7.46. The highest BCUT2D eigenvalue weighted by molar-refractivity contribution is 8.00. The first-order chi connectivity index (χ1) is 8.84.